The van der Waals surface area contributed by atoms with Crippen LogP contribution in [0.2, 0.25) is 25.7 Å². The Morgan fingerprint density at radius 2 is 1.86 bits per heavy atom. The van der Waals surface area contributed by atoms with Crippen molar-refractivity contribution in [2.75, 3.05) is 13.7 Å². The number of esters is 1. The van der Waals surface area contributed by atoms with Gasteiger partial charge in [-0.1, -0.05) is 50.0 Å². The van der Waals surface area contributed by atoms with Gasteiger partial charge in [-0.2, -0.15) is 0 Å². The molecule has 1 aromatic heterocycles. The molecule has 0 amide bonds. The average molecular weight is 412 g/mol. The third-order valence-electron chi connectivity index (χ3n) is 4.95. The van der Waals surface area contributed by atoms with Crippen LogP contribution in [0.4, 0.5) is 0 Å². The number of aliphatic hydroxyl groups excluding tert-OH is 1. The van der Waals surface area contributed by atoms with E-state index in [2.05, 4.69) is 19.6 Å². The number of fused-ring (bicyclic) bond motifs is 1. The summed E-state index contributed by atoms with van der Waals surface area (Å²) in [6.07, 6.45) is 1.07. The molecule has 0 spiro atoms. The summed E-state index contributed by atoms with van der Waals surface area (Å²) in [6.45, 7) is 8.09. The average Bonchev–Trinajstić information content (AvgIpc) is 3.12. The maximum Gasteiger partial charge on any atom is 0.337 e. The van der Waals surface area contributed by atoms with Gasteiger partial charge in [0.25, 0.3) is 0 Å². The summed E-state index contributed by atoms with van der Waals surface area (Å²) in [4.78, 5) is 12.1. The second kappa shape index (κ2) is 8.94. The molecular weight excluding hydrogens is 382 g/mol. The van der Waals surface area contributed by atoms with Gasteiger partial charge in [0.2, 0.25) is 0 Å². The largest absolute Gasteiger partial charge is 0.465 e. The van der Waals surface area contributed by atoms with Gasteiger partial charge < -0.3 is 19.1 Å². The molecule has 0 saturated heterocycles. The van der Waals surface area contributed by atoms with Gasteiger partial charge in [0.05, 0.1) is 18.2 Å². The molecule has 5 nitrogen and oxygen atoms in total. The first-order valence-corrected chi connectivity index (χ1v) is 13.5. The number of hydrogen-bond donors (Lipinski definition) is 1. The SMILES string of the molecule is COC(=O)c1cc(C(O)c2ccccc2)c2c(ccn2COCC[Si](C)(C)C)c1. The van der Waals surface area contributed by atoms with Crippen molar-refractivity contribution in [3.8, 4) is 0 Å². The first-order chi connectivity index (χ1) is 13.8. The topological polar surface area (TPSA) is 60.7 Å². The second-order valence-corrected chi connectivity index (χ2v) is 14.1. The standard InChI is InChI=1S/C23H29NO4Si/c1-27-23(26)19-14-18-10-11-24(16-28-12-13-29(2,3)4)21(18)20(15-19)22(25)17-8-6-5-7-9-17/h5-11,14-15,22,25H,12-13,16H2,1-4H3. The van der Waals surface area contributed by atoms with E-state index >= 15 is 0 Å². The number of methoxy groups -OCH3 is 1. The molecule has 3 aromatic rings. The fraction of sp³-hybridized carbons (Fsp3) is 0.348. The van der Waals surface area contributed by atoms with Crippen molar-refractivity contribution in [2.45, 2.75) is 38.5 Å². The summed E-state index contributed by atoms with van der Waals surface area (Å²) in [6, 6.07) is 16.0. The molecule has 0 fully saturated rings. The van der Waals surface area contributed by atoms with Crippen molar-refractivity contribution in [3.63, 3.8) is 0 Å². The van der Waals surface area contributed by atoms with E-state index < -0.39 is 20.1 Å². The Morgan fingerprint density at radius 3 is 2.52 bits per heavy atom. The number of ether oxygens (including phenoxy) is 2. The van der Waals surface area contributed by atoms with E-state index in [1.165, 1.54) is 7.11 Å². The lowest BCUT2D eigenvalue weighted by atomic mass is 9.97. The van der Waals surface area contributed by atoms with Crippen LogP contribution in [-0.4, -0.2) is 37.4 Å². The maximum absolute atomic E-state index is 12.1. The molecule has 1 atom stereocenters. The van der Waals surface area contributed by atoms with Gasteiger partial charge in [0.15, 0.2) is 0 Å². The number of benzene rings is 2. The monoisotopic (exact) mass is 411 g/mol. The van der Waals surface area contributed by atoms with Crippen LogP contribution in [-0.2, 0) is 16.2 Å². The van der Waals surface area contributed by atoms with Crippen LogP contribution in [0.3, 0.4) is 0 Å². The molecule has 6 heteroatoms. The Hall–Kier alpha value is -2.41. The molecule has 3 rings (SSSR count). The van der Waals surface area contributed by atoms with Crippen molar-refractivity contribution in [2.24, 2.45) is 0 Å². The Labute approximate surface area is 172 Å². The predicted octanol–water partition coefficient (Wildman–Crippen LogP) is 4.82. The Bertz CT molecular complexity index is 976. The first kappa shape index (κ1) is 21.3. The zero-order valence-electron chi connectivity index (χ0n) is 17.5. The van der Waals surface area contributed by atoms with Gasteiger partial charge in [0, 0.05) is 31.8 Å². The molecule has 1 unspecified atom stereocenters. The maximum atomic E-state index is 12.1. The molecule has 2 aromatic carbocycles. The highest BCUT2D eigenvalue weighted by Crippen LogP contribution is 2.31. The third-order valence-corrected chi connectivity index (χ3v) is 6.65. The molecular formula is C23H29NO4Si. The number of hydrogen-bond acceptors (Lipinski definition) is 4. The van der Waals surface area contributed by atoms with Crippen LogP contribution in [0, 0.1) is 0 Å². The summed E-state index contributed by atoms with van der Waals surface area (Å²) < 4.78 is 12.8. The summed E-state index contributed by atoms with van der Waals surface area (Å²) >= 11 is 0. The third kappa shape index (κ3) is 5.15. The summed E-state index contributed by atoms with van der Waals surface area (Å²) in [5.74, 6) is -0.424. The lowest BCUT2D eigenvalue weighted by molar-refractivity contribution is 0.0600. The number of aromatic nitrogens is 1. The number of carbonyl (C=O) groups is 1. The van der Waals surface area contributed by atoms with Gasteiger partial charge in [0.1, 0.15) is 12.8 Å². The zero-order valence-corrected chi connectivity index (χ0v) is 18.5. The van der Waals surface area contributed by atoms with E-state index in [4.69, 9.17) is 9.47 Å². The number of carbonyl (C=O) groups excluding carboxylic acids is 1. The van der Waals surface area contributed by atoms with Crippen LogP contribution < -0.4 is 0 Å². The number of nitrogens with zero attached hydrogens (tertiary/aromatic N) is 1. The quantitative estimate of drug-likeness (QED) is 0.328. The minimum atomic E-state index is -1.16. The van der Waals surface area contributed by atoms with Gasteiger partial charge in [-0.15, -0.1) is 0 Å². The van der Waals surface area contributed by atoms with Gasteiger partial charge in [-0.3, -0.25) is 0 Å². The fourth-order valence-electron chi connectivity index (χ4n) is 3.29. The van der Waals surface area contributed by atoms with Gasteiger partial charge in [-0.25, -0.2) is 4.79 Å². The first-order valence-electron chi connectivity index (χ1n) is 9.82. The summed E-state index contributed by atoms with van der Waals surface area (Å²) in [5.41, 5.74) is 2.71. The van der Waals surface area contributed by atoms with Crippen molar-refractivity contribution in [3.05, 3.63) is 71.4 Å². The van der Waals surface area contributed by atoms with E-state index in [0.717, 1.165) is 22.5 Å². The normalized spacial score (nSPS) is 12.9. The molecule has 0 aliphatic rings. The highest BCUT2D eigenvalue weighted by molar-refractivity contribution is 6.76. The van der Waals surface area contributed by atoms with Crippen LogP contribution in [0.25, 0.3) is 10.9 Å². The highest BCUT2D eigenvalue weighted by Gasteiger charge is 2.20. The van der Waals surface area contributed by atoms with E-state index in [1.54, 1.807) is 12.1 Å². The molecule has 0 bridgehead atoms. The highest BCUT2D eigenvalue weighted by atomic mass is 28.3. The molecule has 1 heterocycles. The second-order valence-electron chi connectivity index (χ2n) is 8.44. The Morgan fingerprint density at radius 1 is 1.14 bits per heavy atom. The minimum Gasteiger partial charge on any atom is -0.465 e. The fourth-order valence-corrected chi connectivity index (χ4v) is 4.05. The minimum absolute atomic E-state index is 0.403. The molecule has 0 aliphatic heterocycles. The van der Waals surface area contributed by atoms with Crippen molar-refractivity contribution >= 4 is 24.9 Å². The van der Waals surface area contributed by atoms with Crippen LogP contribution in [0.1, 0.15) is 27.6 Å². The zero-order chi connectivity index (χ0) is 21.0. The van der Waals surface area contributed by atoms with E-state index in [0.29, 0.717) is 24.5 Å². The van der Waals surface area contributed by atoms with Crippen molar-refractivity contribution in [1.29, 1.82) is 0 Å². The van der Waals surface area contributed by atoms with E-state index in [1.807, 2.05) is 47.2 Å². The predicted molar refractivity (Wildman–Crippen MR) is 118 cm³/mol. The van der Waals surface area contributed by atoms with Crippen LogP contribution in [0.5, 0.6) is 0 Å². The molecule has 1 N–H and O–H groups in total. The van der Waals surface area contributed by atoms with Crippen LogP contribution >= 0.6 is 0 Å². The number of aliphatic hydroxyl groups is 1. The van der Waals surface area contributed by atoms with Crippen molar-refractivity contribution < 1.29 is 19.4 Å². The lowest BCUT2D eigenvalue weighted by Gasteiger charge is -2.18. The lowest BCUT2D eigenvalue weighted by Crippen LogP contribution is -2.22. The molecule has 154 valence electrons. The van der Waals surface area contributed by atoms with E-state index in [-0.39, 0.29) is 0 Å². The number of rotatable bonds is 8. The smallest absolute Gasteiger partial charge is 0.337 e. The van der Waals surface area contributed by atoms with Gasteiger partial charge in [-0.05, 0) is 29.8 Å². The van der Waals surface area contributed by atoms with Crippen LogP contribution in [0.15, 0.2) is 54.7 Å². The Kier molecular flexibility index (Phi) is 6.57. The molecule has 0 aliphatic carbocycles. The summed E-state index contributed by atoms with van der Waals surface area (Å²) in [7, 11) is 0.203. The molecule has 29 heavy (non-hydrogen) atoms. The summed E-state index contributed by atoms with van der Waals surface area (Å²) in [5, 5.41) is 12.0. The van der Waals surface area contributed by atoms with Crippen molar-refractivity contribution in [1.82, 2.24) is 4.57 Å². The Balaban J connectivity index is 1.98. The van der Waals surface area contributed by atoms with Gasteiger partial charge >= 0.3 is 5.97 Å². The molecule has 0 radical (unpaired) electrons. The van der Waals surface area contributed by atoms with E-state index in [9.17, 15) is 9.90 Å². The molecule has 0 saturated carbocycles.